The Bertz CT molecular complexity index is 215. The maximum absolute atomic E-state index is 10.2. The number of aliphatic hydroxyl groups is 1. The number of nitrogens with zero attached hydrogens (tertiary/aromatic N) is 1. The normalized spacial score (nSPS) is 37.9. The number of hydrogen-bond acceptors (Lipinski definition) is 3. The van der Waals surface area contributed by atoms with Crippen LogP contribution >= 0.6 is 0 Å². The first-order valence-corrected chi connectivity index (χ1v) is 5.95. The summed E-state index contributed by atoms with van der Waals surface area (Å²) in [5.74, 6) is 0.635. The van der Waals surface area contributed by atoms with E-state index in [0.29, 0.717) is 12.0 Å². The van der Waals surface area contributed by atoms with Gasteiger partial charge in [-0.2, -0.15) is 0 Å². The molecule has 14 heavy (non-hydrogen) atoms. The second kappa shape index (κ2) is 3.19. The average molecular weight is 196 g/mol. The second-order valence-electron chi connectivity index (χ2n) is 5.28. The van der Waals surface area contributed by atoms with Gasteiger partial charge >= 0.3 is 0 Å². The van der Waals surface area contributed by atoms with Gasteiger partial charge in [-0.25, -0.2) is 0 Å². The Kier molecular flexibility index (Phi) is 2.08. The van der Waals surface area contributed by atoms with Gasteiger partial charge in [-0.3, -0.25) is 4.90 Å². The number of rotatable bonds is 2. The van der Waals surface area contributed by atoms with E-state index in [4.69, 9.17) is 0 Å². The molecule has 1 saturated carbocycles. The Hall–Kier alpha value is -0.120. The van der Waals surface area contributed by atoms with E-state index < -0.39 is 0 Å². The van der Waals surface area contributed by atoms with Crippen LogP contribution in [0, 0.1) is 5.92 Å². The first-order valence-electron chi connectivity index (χ1n) is 5.95. The summed E-state index contributed by atoms with van der Waals surface area (Å²) in [5.41, 5.74) is -0.294. The maximum Gasteiger partial charge on any atom is 0.0928 e. The molecule has 3 rings (SSSR count). The van der Waals surface area contributed by atoms with E-state index in [9.17, 15) is 5.11 Å². The molecule has 80 valence electrons. The minimum absolute atomic E-state index is 0.294. The zero-order valence-electron chi connectivity index (χ0n) is 8.71. The third-order valence-corrected chi connectivity index (χ3v) is 4.08. The lowest BCUT2D eigenvalue weighted by Gasteiger charge is -2.51. The van der Waals surface area contributed by atoms with Gasteiger partial charge in [-0.1, -0.05) is 0 Å². The van der Waals surface area contributed by atoms with E-state index in [1.165, 1.54) is 32.2 Å². The molecule has 1 unspecified atom stereocenters. The molecule has 0 aromatic rings. The van der Waals surface area contributed by atoms with Crippen molar-refractivity contribution in [2.75, 3.05) is 26.2 Å². The van der Waals surface area contributed by atoms with E-state index in [0.717, 1.165) is 19.6 Å². The summed E-state index contributed by atoms with van der Waals surface area (Å²) in [6, 6.07) is 0.697. The van der Waals surface area contributed by atoms with Crippen molar-refractivity contribution in [3.63, 3.8) is 0 Å². The third-order valence-electron chi connectivity index (χ3n) is 4.08. The molecule has 0 aromatic heterocycles. The Balaban J connectivity index is 1.52. The molecule has 0 amide bonds. The maximum atomic E-state index is 10.2. The van der Waals surface area contributed by atoms with Crippen LogP contribution in [0.5, 0.6) is 0 Å². The molecule has 3 nitrogen and oxygen atoms in total. The van der Waals surface area contributed by atoms with Crippen LogP contribution in [0.15, 0.2) is 0 Å². The highest BCUT2D eigenvalue weighted by molar-refractivity contribution is 5.07. The minimum Gasteiger partial charge on any atom is -0.387 e. The van der Waals surface area contributed by atoms with E-state index >= 15 is 0 Å². The molecule has 0 bridgehead atoms. The summed E-state index contributed by atoms with van der Waals surface area (Å²) in [7, 11) is 0. The van der Waals surface area contributed by atoms with Crippen LogP contribution in [0.3, 0.4) is 0 Å². The molecule has 3 aliphatic rings. The minimum atomic E-state index is -0.294. The summed E-state index contributed by atoms with van der Waals surface area (Å²) in [5, 5.41) is 13.6. The van der Waals surface area contributed by atoms with E-state index in [-0.39, 0.29) is 5.60 Å². The van der Waals surface area contributed by atoms with Gasteiger partial charge in [-0.05, 0) is 38.1 Å². The van der Waals surface area contributed by atoms with Crippen LogP contribution in [0.4, 0.5) is 0 Å². The monoisotopic (exact) mass is 196 g/mol. The number of piperidine rings is 1. The molecule has 3 heteroatoms. The fourth-order valence-electron chi connectivity index (χ4n) is 2.94. The highest BCUT2D eigenvalue weighted by Crippen LogP contribution is 2.45. The van der Waals surface area contributed by atoms with Gasteiger partial charge in [0.1, 0.15) is 0 Å². The van der Waals surface area contributed by atoms with Crippen molar-refractivity contribution in [3.8, 4) is 0 Å². The lowest BCUT2D eigenvalue weighted by atomic mass is 9.86. The SMILES string of the molecule is OC1(C2CC2)CN(C2CCCNC2)C1. The van der Waals surface area contributed by atoms with Crippen molar-refractivity contribution in [1.82, 2.24) is 10.2 Å². The van der Waals surface area contributed by atoms with Crippen molar-refractivity contribution < 1.29 is 5.11 Å². The molecule has 0 aromatic carbocycles. The van der Waals surface area contributed by atoms with Crippen LogP contribution in [0.1, 0.15) is 25.7 Å². The lowest BCUT2D eigenvalue weighted by molar-refractivity contribution is -0.131. The predicted molar refractivity (Wildman–Crippen MR) is 55.1 cm³/mol. The number of hydrogen-bond donors (Lipinski definition) is 2. The standard InChI is InChI=1S/C11H20N2O/c14-11(9-3-4-9)7-13(8-11)10-2-1-5-12-6-10/h9-10,12,14H,1-8H2. The summed E-state index contributed by atoms with van der Waals surface area (Å²) in [6.07, 6.45) is 5.12. The van der Waals surface area contributed by atoms with Gasteiger partial charge in [-0.15, -0.1) is 0 Å². The smallest absolute Gasteiger partial charge is 0.0928 e. The Morgan fingerprint density at radius 1 is 1.21 bits per heavy atom. The molecule has 2 N–H and O–H groups in total. The van der Waals surface area contributed by atoms with E-state index in [1.54, 1.807) is 0 Å². The van der Waals surface area contributed by atoms with Crippen molar-refractivity contribution in [2.24, 2.45) is 5.92 Å². The van der Waals surface area contributed by atoms with Crippen LogP contribution in [-0.2, 0) is 0 Å². The van der Waals surface area contributed by atoms with Gasteiger partial charge in [0.05, 0.1) is 5.60 Å². The summed E-state index contributed by atoms with van der Waals surface area (Å²) >= 11 is 0. The molecular formula is C11H20N2O. The van der Waals surface area contributed by atoms with E-state index in [1.807, 2.05) is 0 Å². The van der Waals surface area contributed by atoms with Crippen LogP contribution in [0.2, 0.25) is 0 Å². The molecule has 0 radical (unpaired) electrons. The molecule has 2 saturated heterocycles. The molecular weight excluding hydrogens is 176 g/mol. The zero-order valence-corrected chi connectivity index (χ0v) is 8.71. The molecule has 2 aliphatic heterocycles. The van der Waals surface area contributed by atoms with Crippen LogP contribution in [0.25, 0.3) is 0 Å². The molecule has 2 heterocycles. The second-order valence-corrected chi connectivity index (χ2v) is 5.28. The summed E-state index contributed by atoms with van der Waals surface area (Å²) < 4.78 is 0. The molecule has 1 atom stereocenters. The highest BCUT2D eigenvalue weighted by atomic mass is 16.3. The first kappa shape index (κ1) is 9.13. The highest BCUT2D eigenvalue weighted by Gasteiger charge is 2.53. The first-order chi connectivity index (χ1) is 6.78. The van der Waals surface area contributed by atoms with Crippen molar-refractivity contribution in [1.29, 1.82) is 0 Å². The largest absolute Gasteiger partial charge is 0.387 e. The van der Waals surface area contributed by atoms with Gasteiger partial charge in [0.25, 0.3) is 0 Å². The van der Waals surface area contributed by atoms with Crippen LogP contribution < -0.4 is 5.32 Å². The van der Waals surface area contributed by atoms with Crippen molar-refractivity contribution in [2.45, 2.75) is 37.3 Å². The van der Waals surface area contributed by atoms with E-state index in [2.05, 4.69) is 10.2 Å². The lowest BCUT2D eigenvalue weighted by Crippen LogP contribution is -2.67. The fraction of sp³-hybridized carbons (Fsp3) is 1.00. The number of likely N-dealkylation sites (tertiary alicyclic amines) is 1. The molecule has 3 fully saturated rings. The number of nitrogens with one attached hydrogen (secondary N) is 1. The quantitative estimate of drug-likeness (QED) is 0.662. The topological polar surface area (TPSA) is 35.5 Å². The third kappa shape index (κ3) is 1.47. The van der Waals surface area contributed by atoms with Gasteiger partial charge in [0.2, 0.25) is 0 Å². The Morgan fingerprint density at radius 2 is 2.00 bits per heavy atom. The summed E-state index contributed by atoms with van der Waals surface area (Å²) in [6.45, 7) is 4.17. The average Bonchev–Trinajstić information content (AvgIpc) is 2.98. The summed E-state index contributed by atoms with van der Waals surface area (Å²) in [4.78, 5) is 2.46. The molecule has 1 aliphatic carbocycles. The Labute approximate surface area is 85.5 Å². The van der Waals surface area contributed by atoms with Gasteiger partial charge in [0.15, 0.2) is 0 Å². The van der Waals surface area contributed by atoms with Crippen molar-refractivity contribution >= 4 is 0 Å². The number of β-amino-alcohol motifs (C(OH)–C–C–N with tert-alkyl or cyclic N) is 1. The van der Waals surface area contributed by atoms with Gasteiger partial charge < -0.3 is 10.4 Å². The zero-order chi connectivity index (χ0) is 9.60. The van der Waals surface area contributed by atoms with Gasteiger partial charge in [0, 0.05) is 25.7 Å². The van der Waals surface area contributed by atoms with Crippen molar-refractivity contribution in [3.05, 3.63) is 0 Å². The van der Waals surface area contributed by atoms with Crippen LogP contribution in [-0.4, -0.2) is 47.8 Å². The Morgan fingerprint density at radius 3 is 2.57 bits per heavy atom. The molecule has 0 spiro atoms. The fourth-order valence-corrected chi connectivity index (χ4v) is 2.94. The predicted octanol–water partition coefficient (Wildman–Crippen LogP) is 0.195.